The molecule has 1 N–H and O–H groups in total. The second-order valence-electron chi connectivity index (χ2n) is 3.04. The molecule has 1 aromatic carbocycles. The molecule has 2 rings (SSSR count). The first-order valence-corrected chi connectivity index (χ1v) is 6.55. The molecule has 0 unspecified atom stereocenters. The van der Waals surface area contributed by atoms with E-state index in [1.54, 1.807) is 0 Å². The number of halogens is 3. The Morgan fingerprint density at radius 3 is 2.71 bits per heavy atom. The fourth-order valence-corrected chi connectivity index (χ4v) is 2.09. The third-order valence-electron chi connectivity index (χ3n) is 1.96. The van der Waals surface area contributed by atoms with Gasteiger partial charge in [0.1, 0.15) is 5.52 Å². The van der Waals surface area contributed by atoms with Crippen molar-refractivity contribution in [1.82, 2.24) is 9.97 Å². The minimum atomic E-state index is -4.03. The van der Waals surface area contributed by atoms with E-state index in [0.717, 1.165) is 6.07 Å². The van der Waals surface area contributed by atoms with Crippen LogP contribution in [0.15, 0.2) is 23.4 Å². The van der Waals surface area contributed by atoms with Crippen LogP contribution in [0.4, 0.5) is 8.78 Å². The predicted molar refractivity (Wildman–Crippen MR) is 55.8 cm³/mol. The Bertz CT molecular complexity index is 656. The summed E-state index contributed by atoms with van der Waals surface area (Å²) in [6.45, 7) is -3.08. The molecule has 0 radical (unpaired) electrons. The van der Waals surface area contributed by atoms with Gasteiger partial charge in [0, 0.05) is 16.7 Å². The van der Waals surface area contributed by atoms with Crippen LogP contribution in [0.1, 0.15) is 0 Å². The number of H-pyrrole nitrogens is 1. The summed E-state index contributed by atoms with van der Waals surface area (Å²) in [5, 5.41) is 0. The standard InChI is InChI=1S/C8H5ClF2N2O3S/c9-17(14,15)4-1-5-7(13-3-12-5)6(2-4)16-8(10)11/h1-3,8H,(H,12,13). The van der Waals surface area contributed by atoms with Gasteiger partial charge in [-0.2, -0.15) is 8.78 Å². The van der Waals surface area contributed by atoms with Gasteiger partial charge in [-0.1, -0.05) is 0 Å². The zero-order chi connectivity index (χ0) is 12.6. The molecule has 2 aromatic rings. The fourth-order valence-electron chi connectivity index (χ4n) is 1.32. The zero-order valence-corrected chi connectivity index (χ0v) is 9.60. The summed E-state index contributed by atoms with van der Waals surface area (Å²) in [5.41, 5.74) is 0.344. The Kier molecular flexibility index (Phi) is 2.92. The molecule has 0 spiro atoms. The van der Waals surface area contributed by atoms with Gasteiger partial charge in [-0.05, 0) is 6.07 Å². The number of ether oxygens (including phenoxy) is 1. The topological polar surface area (TPSA) is 72.1 Å². The first-order valence-electron chi connectivity index (χ1n) is 4.24. The molecule has 9 heteroatoms. The average molecular weight is 283 g/mol. The smallest absolute Gasteiger partial charge is 0.387 e. The minimum absolute atomic E-state index is 0.106. The van der Waals surface area contributed by atoms with Crippen molar-refractivity contribution in [2.24, 2.45) is 0 Å². The van der Waals surface area contributed by atoms with E-state index in [2.05, 4.69) is 14.7 Å². The van der Waals surface area contributed by atoms with Crippen LogP contribution < -0.4 is 4.74 Å². The number of hydrogen-bond donors (Lipinski definition) is 1. The summed E-state index contributed by atoms with van der Waals surface area (Å²) in [7, 11) is 1.10. The van der Waals surface area contributed by atoms with Gasteiger partial charge in [0.05, 0.1) is 16.7 Å². The highest BCUT2D eigenvalue weighted by Crippen LogP contribution is 2.29. The number of alkyl halides is 2. The molecule has 5 nitrogen and oxygen atoms in total. The molecular weight excluding hydrogens is 278 g/mol. The third-order valence-corrected chi connectivity index (χ3v) is 3.29. The van der Waals surface area contributed by atoms with E-state index in [4.69, 9.17) is 10.7 Å². The fraction of sp³-hybridized carbons (Fsp3) is 0.125. The minimum Gasteiger partial charge on any atom is -0.432 e. The average Bonchev–Trinajstić information content (AvgIpc) is 2.62. The maximum Gasteiger partial charge on any atom is 0.387 e. The van der Waals surface area contributed by atoms with Gasteiger partial charge in [-0.15, -0.1) is 0 Å². The molecule has 92 valence electrons. The molecule has 0 saturated heterocycles. The van der Waals surface area contributed by atoms with Gasteiger partial charge in [-0.25, -0.2) is 13.4 Å². The van der Waals surface area contributed by atoms with E-state index in [1.165, 1.54) is 12.4 Å². The van der Waals surface area contributed by atoms with Crippen molar-refractivity contribution in [3.8, 4) is 5.75 Å². The number of imidazole rings is 1. The number of fused-ring (bicyclic) bond motifs is 1. The maximum atomic E-state index is 12.1. The summed E-state index contributed by atoms with van der Waals surface area (Å²) >= 11 is 0. The summed E-state index contributed by atoms with van der Waals surface area (Å²) in [5.74, 6) is -0.349. The molecule has 1 aromatic heterocycles. The van der Waals surface area contributed by atoms with Gasteiger partial charge in [0.2, 0.25) is 0 Å². The van der Waals surface area contributed by atoms with Crippen LogP contribution in [0.2, 0.25) is 0 Å². The van der Waals surface area contributed by atoms with Crippen LogP contribution in [-0.2, 0) is 9.05 Å². The van der Waals surface area contributed by atoms with Crippen LogP contribution in [0.3, 0.4) is 0 Å². The van der Waals surface area contributed by atoms with Crippen LogP contribution >= 0.6 is 10.7 Å². The number of nitrogens with one attached hydrogen (secondary N) is 1. The molecule has 0 bridgehead atoms. The van der Waals surface area contributed by atoms with E-state index in [-0.39, 0.29) is 21.7 Å². The number of hydrogen-bond acceptors (Lipinski definition) is 4. The second-order valence-corrected chi connectivity index (χ2v) is 5.60. The summed E-state index contributed by atoms with van der Waals surface area (Å²) < 4.78 is 50.7. The summed E-state index contributed by atoms with van der Waals surface area (Å²) in [6.07, 6.45) is 1.23. The lowest BCUT2D eigenvalue weighted by molar-refractivity contribution is -0.0490. The van der Waals surface area contributed by atoms with Gasteiger partial charge >= 0.3 is 6.61 Å². The van der Waals surface area contributed by atoms with Crippen LogP contribution in [0, 0.1) is 0 Å². The van der Waals surface area contributed by atoms with Crippen molar-refractivity contribution in [2.45, 2.75) is 11.5 Å². The third kappa shape index (κ3) is 2.47. The first kappa shape index (κ1) is 12.1. The van der Waals surface area contributed by atoms with Gasteiger partial charge in [-0.3, -0.25) is 0 Å². The SMILES string of the molecule is O=S(=O)(Cl)c1cc(OC(F)F)c2nc[nH]c2c1. The highest BCUT2D eigenvalue weighted by molar-refractivity contribution is 8.13. The zero-order valence-electron chi connectivity index (χ0n) is 8.02. The largest absolute Gasteiger partial charge is 0.432 e. The molecular formula is C8H5ClF2N2O3S. The summed E-state index contributed by atoms with van der Waals surface area (Å²) in [4.78, 5) is 5.99. The normalized spacial score (nSPS) is 12.2. The second kappa shape index (κ2) is 4.11. The number of aromatic amines is 1. The Morgan fingerprint density at radius 2 is 2.12 bits per heavy atom. The number of aromatic nitrogens is 2. The Hall–Kier alpha value is -1.41. The van der Waals surface area contributed by atoms with Gasteiger partial charge in [0.15, 0.2) is 5.75 Å². The molecule has 0 aliphatic rings. The quantitative estimate of drug-likeness (QED) is 0.875. The van der Waals surface area contributed by atoms with Crippen LogP contribution in [0.25, 0.3) is 11.0 Å². The Morgan fingerprint density at radius 1 is 1.41 bits per heavy atom. The van der Waals surface area contributed by atoms with Crippen LogP contribution in [0.5, 0.6) is 5.75 Å². The molecule has 0 aliphatic heterocycles. The lowest BCUT2D eigenvalue weighted by Gasteiger charge is -2.06. The van der Waals surface area contributed by atoms with Crippen LogP contribution in [-0.4, -0.2) is 25.0 Å². The highest BCUT2D eigenvalue weighted by atomic mass is 35.7. The number of benzene rings is 1. The number of nitrogens with zero attached hydrogens (tertiary/aromatic N) is 1. The highest BCUT2D eigenvalue weighted by Gasteiger charge is 2.17. The lowest BCUT2D eigenvalue weighted by atomic mass is 10.3. The molecule has 0 atom stereocenters. The lowest BCUT2D eigenvalue weighted by Crippen LogP contribution is -2.03. The van der Waals surface area contributed by atoms with Crippen molar-refractivity contribution >= 4 is 30.8 Å². The van der Waals surface area contributed by atoms with E-state index in [9.17, 15) is 17.2 Å². The summed E-state index contributed by atoms with van der Waals surface area (Å²) in [6, 6.07) is 2.08. The maximum absolute atomic E-state index is 12.1. The molecule has 17 heavy (non-hydrogen) atoms. The van der Waals surface area contributed by atoms with Crippen molar-refractivity contribution in [3.05, 3.63) is 18.5 Å². The van der Waals surface area contributed by atoms with Gasteiger partial charge in [0.25, 0.3) is 9.05 Å². The van der Waals surface area contributed by atoms with Crippen molar-refractivity contribution in [3.63, 3.8) is 0 Å². The van der Waals surface area contributed by atoms with Crippen molar-refractivity contribution < 1.29 is 21.9 Å². The van der Waals surface area contributed by atoms with E-state index in [1.807, 2.05) is 0 Å². The Balaban J connectivity index is 2.67. The molecule has 0 amide bonds. The van der Waals surface area contributed by atoms with Gasteiger partial charge < -0.3 is 9.72 Å². The number of rotatable bonds is 3. The first-order chi connectivity index (χ1) is 7.88. The van der Waals surface area contributed by atoms with Crippen molar-refractivity contribution in [1.29, 1.82) is 0 Å². The molecule has 0 aliphatic carbocycles. The monoisotopic (exact) mass is 282 g/mol. The molecule has 0 fully saturated rings. The molecule has 1 heterocycles. The van der Waals surface area contributed by atoms with E-state index < -0.39 is 15.7 Å². The van der Waals surface area contributed by atoms with E-state index in [0.29, 0.717) is 0 Å². The van der Waals surface area contributed by atoms with Crippen molar-refractivity contribution in [2.75, 3.05) is 0 Å². The predicted octanol–water partition coefficient (Wildman–Crippen LogP) is 2.09. The van der Waals surface area contributed by atoms with E-state index >= 15 is 0 Å². The molecule has 0 saturated carbocycles. The Labute approximate surface area is 98.8 Å².